The van der Waals surface area contributed by atoms with E-state index >= 15 is 0 Å². The average Bonchev–Trinajstić information content (AvgIpc) is 3.64. The number of H-pyrrole nitrogens is 1. The van der Waals surface area contributed by atoms with Crippen molar-refractivity contribution in [2.75, 3.05) is 64.8 Å². The SMILES string of the molecule is N=C(/C=C\c1ncc(-c2ccc(OCCN3CCN(CCO)CC3)c(N)c2)[nH]1)N1CCCC1c1cccc(F)c1. The number of nitrogens with zero attached hydrogens (tertiary/aromatic N) is 4. The third-order valence-electron chi connectivity index (χ3n) is 7.66. The molecule has 5 N–H and O–H groups in total. The van der Waals surface area contributed by atoms with E-state index in [2.05, 4.69) is 19.8 Å². The maximum absolute atomic E-state index is 13.7. The number of likely N-dealkylation sites (tertiary alicyclic amines) is 1. The number of hydrogen-bond acceptors (Lipinski definition) is 7. The molecule has 212 valence electrons. The molecule has 2 aliphatic heterocycles. The van der Waals surface area contributed by atoms with Gasteiger partial charge in [0.05, 0.1) is 30.2 Å². The maximum Gasteiger partial charge on any atom is 0.142 e. The van der Waals surface area contributed by atoms with Gasteiger partial charge in [0.2, 0.25) is 0 Å². The fraction of sp³-hybridized carbons (Fsp3) is 0.400. The minimum absolute atomic E-state index is 0.00538. The number of aliphatic hydroxyl groups excluding tert-OH is 1. The third kappa shape index (κ3) is 6.88. The highest BCUT2D eigenvalue weighted by Gasteiger charge is 2.27. The summed E-state index contributed by atoms with van der Waals surface area (Å²) in [6.07, 6.45) is 7.13. The van der Waals surface area contributed by atoms with Crippen LogP contribution in [0.2, 0.25) is 0 Å². The minimum Gasteiger partial charge on any atom is -0.490 e. The van der Waals surface area contributed by atoms with Crippen LogP contribution in [0.1, 0.15) is 30.3 Å². The van der Waals surface area contributed by atoms with Crippen molar-refractivity contribution in [3.05, 3.63) is 71.9 Å². The van der Waals surface area contributed by atoms with Gasteiger partial charge in [0, 0.05) is 51.4 Å². The number of anilines is 1. The highest BCUT2D eigenvalue weighted by molar-refractivity contribution is 5.94. The second-order valence-electron chi connectivity index (χ2n) is 10.3. The normalized spacial score (nSPS) is 18.6. The smallest absolute Gasteiger partial charge is 0.142 e. The van der Waals surface area contributed by atoms with E-state index in [1.54, 1.807) is 30.5 Å². The van der Waals surface area contributed by atoms with E-state index in [1.807, 2.05) is 29.2 Å². The molecular formula is C30H38FN7O2. The van der Waals surface area contributed by atoms with Crippen LogP contribution in [-0.2, 0) is 0 Å². The summed E-state index contributed by atoms with van der Waals surface area (Å²) in [7, 11) is 0. The number of benzene rings is 2. The lowest BCUT2D eigenvalue weighted by Gasteiger charge is -2.34. The minimum atomic E-state index is -0.251. The molecule has 1 unspecified atom stereocenters. The number of rotatable bonds is 10. The predicted molar refractivity (Wildman–Crippen MR) is 156 cm³/mol. The first-order valence-corrected chi connectivity index (χ1v) is 13.9. The number of aliphatic hydroxyl groups is 1. The fourth-order valence-corrected chi connectivity index (χ4v) is 5.45. The summed E-state index contributed by atoms with van der Waals surface area (Å²) in [4.78, 5) is 14.4. The van der Waals surface area contributed by atoms with Crippen molar-refractivity contribution in [3.63, 3.8) is 0 Å². The summed E-state index contributed by atoms with van der Waals surface area (Å²) >= 11 is 0. The topological polar surface area (TPSA) is 118 Å². The van der Waals surface area contributed by atoms with Gasteiger partial charge in [-0.3, -0.25) is 15.2 Å². The molecule has 2 aromatic carbocycles. The number of nitrogen functional groups attached to an aromatic ring is 1. The number of halogens is 1. The molecule has 1 atom stereocenters. The Bertz CT molecular complexity index is 1320. The molecule has 0 amide bonds. The zero-order valence-electron chi connectivity index (χ0n) is 22.7. The van der Waals surface area contributed by atoms with Crippen LogP contribution < -0.4 is 10.5 Å². The van der Waals surface area contributed by atoms with Gasteiger partial charge in [-0.15, -0.1) is 0 Å². The number of nitrogens with one attached hydrogen (secondary N) is 2. The molecule has 2 fully saturated rings. The van der Waals surface area contributed by atoms with E-state index in [1.165, 1.54) is 6.07 Å². The molecule has 2 saturated heterocycles. The Kier molecular flexibility index (Phi) is 9.10. The van der Waals surface area contributed by atoms with Gasteiger partial charge in [-0.25, -0.2) is 9.37 Å². The number of imidazole rings is 1. The Morgan fingerprint density at radius 1 is 1.12 bits per heavy atom. The number of β-amino-alcohol motifs (C(OH)–C–C–N with tert-alkyl or cyclic N) is 1. The van der Waals surface area contributed by atoms with Crippen LogP contribution in [-0.4, -0.2) is 94.6 Å². The van der Waals surface area contributed by atoms with E-state index in [0.29, 0.717) is 29.7 Å². The van der Waals surface area contributed by atoms with Crippen molar-refractivity contribution < 1.29 is 14.2 Å². The van der Waals surface area contributed by atoms with E-state index in [4.69, 9.17) is 21.0 Å². The van der Waals surface area contributed by atoms with Gasteiger partial charge in [0.25, 0.3) is 0 Å². The number of piperazine rings is 1. The van der Waals surface area contributed by atoms with E-state index in [0.717, 1.165) is 75.5 Å². The quantitative estimate of drug-likeness (QED) is 0.174. The van der Waals surface area contributed by atoms with Gasteiger partial charge in [-0.1, -0.05) is 12.1 Å². The molecule has 10 heteroatoms. The molecule has 40 heavy (non-hydrogen) atoms. The summed E-state index contributed by atoms with van der Waals surface area (Å²) in [5, 5.41) is 17.7. The largest absolute Gasteiger partial charge is 0.490 e. The molecule has 3 heterocycles. The highest BCUT2D eigenvalue weighted by atomic mass is 19.1. The molecule has 5 rings (SSSR count). The van der Waals surface area contributed by atoms with Crippen molar-refractivity contribution in [1.82, 2.24) is 24.7 Å². The number of amidine groups is 1. The number of aromatic nitrogens is 2. The number of hydrogen-bond donors (Lipinski definition) is 4. The number of nitrogens with two attached hydrogens (primary N) is 1. The van der Waals surface area contributed by atoms with Crippen molar-refractivity contribution in [2.24, 2.45) is 0 Å². The first-order valence-electron chi connectivity index (χ1n) is 13.9. The maximum atomic E-state index is 13.7. The average molecular weight is 548 g/mol. The second-order valence-corrected chi connectivity index (χ2v) is 10.3. The molecule has 0 aliphatic carbocycles. The first kappa shape index (κ1) is 27.8. The van der Waals surface area contributed by atoms with Gasteiger partial charge >= 0.3 is 0 Å². The Hall–Kier alpha value is -3.73. The highest BCUT2D eigenvalue weighted by Crippen LogP contribution is 2.32. The second kappa shape index (κ2) is 13.1. The van der Waals surface area contributed by atoms with E-state index in [9.17, 15) is 4.39 Å². The molecule has 9 nitrogen and oxygen atoms in total. The van der Waals surface area contributed by atoms with Crippen LogP contribution in [0.25, 0.3) is 17.3 Å². The van der Waals surface area contributed by atoms with E-state index in [-0.39, 0.29) is 18.5 Å². The summed E-state index contributed by atoms with van der Waals surface area (Å²) in [6.45, 7) is 6.98. The summed E-state index contributed by atoms with van der Waals surface area (Å²) < 4.78 is 19.7. The molecule has 1 aromatic heterocycles. The van der Waals surface area contributed by atoms with Gasteiger partial charge in [0.15, 0.2) is 0 Å². The molecule has 2 aliphatic rings. The lowest BCUT2D eigenvalue weighted by Crippen LogP contribution is -2.48. The fourth-order valence-electron chi connectivity index (χ4n) is 5.45. The standard InChI is InChI=1S/C30H38FN7O2/c31-24-4-1-3-23(19-24)27-5-2-10-38(27)29(33)8-9-30-34-21-26(35-30)22-6-7-28(25(32)20-22)40-18-16-37-13-11-36(12-14-37)15-17-39/h1,3-4,6-9,19-21,27,33,39H,2,5,10-18,32H2,(H,34,35)/b9-8-,33-29?. The van der Waals surface area contributed by atoms with Crippen molar-refractivity contribution in [2.45, 2.75) is 18.9 Å². The van der Waals surface area contributed by atoms with Crippen LogP contribution >= 0.6 is 0 Å². The molecular weight excluding hydrogens is 509 g/mol. The molecule has 0 spiro atoms. The van der Waals surface area contributed by atoms with Gasteiger partial charge in [-0.2, -0.15) is 0 Å². The Morgan fingerprint density at radius 2 is 1.93 bits per heavy atom. The number of ether oxygens (including phenoxy) is 1. The van der Waals surface area contributed by atoms with Gasteiger partial charge < -0.3 is 25.5 Å². The molecule has 0 saturated carbocycles. The molecule has 3 aromatic rings. The summed E-state index contributed by atoms with van der Waals surface area (Å²) in [5.74, 6) is 1.43. The summed E-state index contributed by atoms with van der Waals surface area (Å²) in [5.41, 5.74) is 9.49. The van der Waals surface area contributed by atoms with E-state index < -0.39 is 0 Å². The van der Waals surface area contributed by atoms with Crippen LogP contribution in [0.15, 0.2) is 54.7 Å². The van der Waals surface area contributed by atoms with Gasteiger partial charge in [0.1, 0.15) is 29.8 Å². The van der Waals surface area contributed by atoms with Crippen LogP contribution in [0.5, 0.6) is 5.75 Å². The van der Waals surface area contributed by atoms with Crippen LogP contribution in [0.4, 0.5) is 10.1 Å². The molecule has 0 bridgehead atoms. The Labute approximate surface area is 234 Å². The lowest BCUT2D eigenvalue weighted by molar-refractivity contribution is 0.102. The zero-order valence-corrected chi connectivity index (χ0v) is 22.7. The summed E-state index contributed by atoms with van der Waals surface area (Å²) in [6, 6.07) is 12.4. The van der Waals surface area contributed by atoms with Crippen molar-refractivity contribution in [3.8, 4) is 17.0 Å². The van der Waals surface area contributed by atoms with Gasteiger partial charge in [-0.05, 0) is 60.9 Å². The van der Waals surface area contributed by atoms with Crippen molar-refractivity contribution >= 4 is 17.6 Å². The number of aromatic amines is 1. The monoisotopic (exact) mass is 547 g/mol. The van der Waals surface area contributed by atoms with Crippen molar-refractivity contribution in [1.29, 1.82) is 5.41 Å². The van der Waals surface area contributed by atoms with Crippen LogP contribution in [0, 0.1) is 11.2 Å². The third-order valence-corrected chi connectivity index (χ3v) is 7.66. The Morgan fingerprint density at radius 3 is 2.67 bits per heavy atom. The lowest BCUT2D eigenvalue weighted by atomic mass is 10.0. The Balaban J connectivity index is 1.14. The first-order chi connectivity index (χ1) is 19.5. The predicted octanol–water partition coefficient (Wildman–Crippen LogP) is 3.61. The van der Waals surface area contributed by atoms with Crippen LogP contribution in [0.3, 0.4) is 0 Å². The zero-order chi connectivity index (χ0) is 27.9. The molecule has 0 radical (unpaired) electrons.